The Labute approximate surface area is 194 Å². The van der Waals surface area contributed by atoms with E-state index in [9.17, 15) is 4.79 Å². The summed E-state index contributed by atoms with van der Waals surface area (Å²) < 4.78 is 13.3. The van der Waals surface area contributed by atoms with Crippen molar-refractivity contribution < 1.29 is 14.3 Å². The molecular weight excluding hydrogens is 424 g/mol. The first-order chi connectivity index (χ1) is 15.7. The Kier molecular flexibility index (Phi) is 7.86. The minimum Gasteiger partial charge on any atom is -0.497 e. The summed E-state index contributed by atoms with van der Waals surface area (Å²) in [5.41, 5.74) is 2.14. The highest BCUT2D eigenvalue weighted by molar-refractivity contribution is 7.99. The van der Waals surface area contributed by atoms with Crippen LogP contribution in [-0.4, -0.2) is 57.7 Å². The van der Waals surface area contributed by atoms with Crippen LogP contribution in [0.25, 0.3) is 11.4 Å². The second kappa shape index (κ2) is 11.0. The Morgan fingerprint density at radius 1 is 1.25 bits per heavy atom. The summed E-state index contributed by atoms with van der Waals surface area (Å²) in [4.78, 5) is 14.9. The number of aromatic nitrogens is 3. The highest BCUT2D eigenvalue weighted by Crippen LogP contribution is 2.29. The number of hydrogen-bond donors (Lipinski definition) is 0. The Balaban J connectivity index is 1.52. The van der Waals surface area contributed by atoms with Crippen molar-refractivity contribution in [3.8, 4) is 17.1 Å². The van der Waals surface area contributed by atoms with Crippen molar-refractivity contribution in [2.75, 3.05) is 26.0 Å². The Morgan fingerprint density at radius 2 is 2.09 bits per heavy atom. The van der Waals surface area contributed by atoms with Gasteiger partial charge in [-0.1, -0.05) is 17.8 Å². The Hall–Kier alpha value is -2.32. The molecule has 2 heterocycles. The Bertz CT molecular complexity index is 935. The zero-order chi connectivity index (χ0) is 22.3. The summed E-state index contributed by atoms with van der Waals surface area (Å²) in [5, 5.41) is 9.68. The molecule has 0 N–H and O–H groups in total. The predicted octanol–water partition coefficient (Wildman–Crippen LogP) is 4.53. The van der Waals surface area contributed by atoms with Crippen LogP contribution in [0.3, 0.4) is 0 Å². The van der Waals surface area contributed by atoms with Gasteiger partial charge in [0.05, 0.1) is 25.5 Å². The molecule has 1 aliphatic carbocycles. The number of hydrogen-bond acceptors (Lipinski definition) is 6. The van der Waals surface area contributed by atoms with Crippen LogP contribution in [0, 0.1) is 0 Å². The Morgan fingerprint density at radius 3 is 2.75 bits per heavy atom. The molecule has 1 aliphatic heterocycles. The molecule has 2 aliphatic rings. The molecule has 1 aromatic carbocycles. The molecule has 1 atom stereocenters. The molecule has 1 unspecified atom stereocenters. The molecule has 172 valence electrons. The number of ether oxygens (including phenoxy) is 2. The molecule has 2 aromatic rings. The van der Waals surface area contributed by atoms with Gasteiger partial charge in [-0.05, 0) is 69.7 Å². The quantitative estimate of drug-likeness (QED) is 0.517. The van der Waals surface area contributed by atoms with E-state index in [0.717, 1.165) is 61.0 Å². The van der Waals surface area contributed by atoms with Gasteiger partial charge in [0.1, 0.15) is 5.75 Å². The van der Waals surface area contributed by atoms with Gasteiger partial charge in [0, 0.05) is 24.4 Å². The van der Waals surface area contributed by atoms with E-state index < -0.39 is 0 Å². The number of rotatable bonds is 9. The zero-order valence-electron chi connectivity index (χ0n) is 19.0. The summed E-state index contributed by atoms with van der Waals surface area (Å²) in [6.07, 6.45) is 8.89. The number of methoxy groups -OCH3 is 1. The average Bonchev–Trinajstić information content (AvgIpc) is 3.49. The van der Waals surface area contributed by atoms with Crippen molar-refractivity contribution in [2.24, 2.45) is 0 Å². The highest BCUT2D eigenvalue weighted by Gasteiger charge is 2.24. The molecule has 1 saturated heterocycles. The van der Waals surface area contributed by atoms with Crippen LogP contribution in [0.1, 0.15) is 45.4 Å². The summed E-state index contributed by atoms with van der Waals surface area (Å²) in [6.45, 7) is 4.23. The number of nitrogens with zero attached hydrogens (tertiary/aromatic N) is 4. The first-order valence-corrected chi connectivity index (χ1v) is 12.5. The third kappa shape index (κ3) is 5.35. The van der Waals surface area contributed by atoms with Crippen molar-refractivity contribution in [1.29, 1.82) is 0 Å². The number of allylic oxidation sites excluding steroid dienone is 2. The van der Waals surface area contributed by atoms with Gasteiger partial charge < -0.3 is 14.4 Å². The van der Waals surface area contributed by atoms with E-state index in [1.165, 1.54) is 23.9 Å². The van der Waals surface area contributed by atoms with Crippen LogP contribution in [-0.2, 0) is 16.1 Å². The summed E-state index contributed by atoms with van der Waals surface area (Å²) in [5.74, 6) is 2.07. The normalized spacial score (nSPS) is 18.4. The average molecular weight is 457 g/mol. The molecule has 32 heavy (non-hydrogen) atoms. The fraction of sp³-hybridized carbons (Fsp3) is 0.542. The number of amides is 1. The van der Waals surface area contributed by atoms with Crippen molar-refractivity contribution in [3.05, 3.63) is 36.0 Å². The fourth-order valence-corrected chi connectivity index (χ4v) is 5.14. The van der Waals surface area contributed by atoms with E-state index in [1.807, 2.05) is 36.1 Å². The van der Waals surface area contributed by atoms with Gasteiger partial charge in [-0.15, -0.1) is 10.2 Å². The standard InChI is InChI=1S/C24H32N4O3S/c1-3-27(19-8-5-4-6-9-19)22(29)17-32-24-26-25-23(18-11-13-20(30-2)14-12-18)28(24)16-21-10-7-15-31-21/h8,11-14,21H,3-7,9-10,15-17H2,1-2H3. The molecule has 0 spiro atoms. The van der Waals surface area contributed by atoms with Gasteiger partial charge >= 0.3 is 0 Å². The maximum atomic E-state index is 13.0. The SMILES string of the molecule is CCN(C(=O)CSc1nnc(-c2ccc(OC)cc2)n1CC1CCCO1)C1=CCCCC1. The van der Waals surface area contributed by atoms with Crippen molar-refractivity contribution in [2.45, 2.75) is 63.3 Å². The molecule has 8 heteroatoms. The summed E-state index contributed by atoms with van der Waals surface area (Å²) in [6, 6.07) is 7.83. The third-order valence-corrected chi connectivity index (χ3v) is 6.98. The minimum absolute atomic E-state index is 0.128. The van der Waals surface area contributed by atoms with Gasteiger partial charge in [-0.2, -0.15) is 0 Å². The number of benzene rings is 1. The number of thioether (sulfide) groups is 1. The molecular formula is C24H32N4O3S. The van der Waals surface area contributed by atoms with Crippen molar-refractivity contribution in [3.63, 3.8) is 0 Å². The van der Waals surface area contributed by atoms with Crippen LogP contribution in [0.15, 0.2) is 41.2 Å². The van der Waals surface area contributed by atoms with Gasteiger partial charge in [0.2, 0.25) is 5.91 Å². The lowest BCUT2D eigenvalue weighted by atomic mass is 10.0. The molecule has 7 nitrogen and oxygen atoms in total. The van der Waals surface area contributed by atoms with Gasteiger partial charge in [0.15, 0.2) is 11.0 Å². The van der Waals surface area contributed by atoms with Gasteiger partial charge in [-0.3, -0.25) is 9.36 Å². The van der Waals surface area contributed by atoms with Crippen LogP contribution < -0.4 is 4.74 Å². The zero-order valence-corrected chi connectivity index (χ0v) is 19.8. The smallest absolute Gasteiger partial charge is 0.237 e. The topological polar surface area (TPSA) is 69.5 Å². The first-order valence-electron chi connectivity index (χ1n) is 11.5. The molecule has 1 aromatic heterocycles. The van der Waals surface area contributed by atoms with E-state index >= 15 is 0 Å². The molecule has 1 fully saturated rings. The van der Waals surface area contributed by atoms with Crippen LogP contribution >= 0.6 is 11.8 Å². The summed E-state index contributed by atoms with van der Waals surface area (Å²) >= 11 is 1.46. The molecule has 1 amide bonds. The maximum Gasteiger partial charge on any atom is 0.237 e. The molecule has 0 saturated carbocycles. The minimum atomic E-state index is 0.128. The molecule has 0 bridgehead atoms. The van der Waals surface area contributed by atoms with Crippen LogP contribution in [0.2, 0.25) is 0 Å². The number of carbonyl (C=O) groups is 1. The molecule has 4 rings (SSSR count). The van der Waals surface area contributed by atoms with Gasteiger partial charge in [-0.25, -0.2) is 0 Å². The lowest BCUT2D eigenvalue weighted by molar-refractivity contribution is -0.126. The highest BCUT2D eigenvalue weighted by atomic mass is 32.2. The third-order valence-electron chi connectivity index (χ3n) is 6.03. The monoisotopic (exact) mass is 456 g/mol. The van der Waals surface area contributed by atoms with E-state index in [-0.39, 0.29) is 12.0 Å². The van der Waals surface area contributed by atoms with Gasteiger partial charge in [0.25, 0.3) is 0 Å². The fourth-order valence-electron chi connectivity index (χ4n) is 4.32. The predicted molar refractivity (Wildman–Crippen MR) is 126 cm³/mol. The lowest BCUT2D eigenvalue weighted by Gasteiger charge is -2.26. The second-order valence-corrected chi connectivity index (χ2v) is 9.09. The second-order valence-electron chi connectivity index (χ2n) is 8.15. The van der Waals surface area contributed by atoms with E-state index in [1.54, 1.807) is 7.11 Å². The van der Waals surface area contributed by atoms with Crippen molar-refractivity contribution in [1.82, 2.24) is 19.7 Å². The van der Waals surface area contributed by atoms with Crippen LogP contribution in [0.5, 0.6) is 5.75 Å². The van der Waals surface area contributed by atoms with E-state index in [2.05, 4.69) is 20.8 Å². The first kappa shape index (κ1) is 22.9. The van der Waals surface area contributed by atoms with Crippen LogP contribution in [0.4, 0.5) is 0 Å². The lowest BCUT2D eigenvalue weighted by Crippen LogP contribution is -2.32. The molecule has 0 radical (unpaired) electrons. The van der Waals surface area contributed by atoms with E-state index in [4.69, 9.17) is 9.47 Å². The number of carbonyl (C=O) groups excluding carboxylic acids is 1. The summed E-state index contributed by atoms with van der Waals surface area (Å²) in [7, 11) is 1.66. The van der Waals surface area contributed by atoms with E-state index in [0.29, 0.717) is 18.8 Å². The largest absolute Gasteiger partial charge is 0.497 e. The van der Waals surface area contributed by atoms with Crippen molar-refractivity contribution >= 4 is 17.7 Å². The maximum absolute atomic E-state index is 13.0.